The van der Waals surface area contributed by atoms with Crippen LogP contribution in [0, 0.1) is 12.7 Å². The SMILES string of the molecule is Cc1cccc(S(=O)(=O)N2CCC[C@@H]2C(=O)O)c1F. The predicted octanol–water partition coefficient (Wildman–Crippen LogP) is 1.37. The molecule has 5 nitrogen and oxygen atoms in total. The summed E-state index contributed by atoms with van der Waals surface area (Å²) in [6.07, 6.45) is 0.714. The lowest BCUT2D eigenvalue weighted by atomic mass is 10.2. The van der Waals surface area contributed by atoms with Crippen LogP contribution in [0.2, 0.25) is 0 Å². The quantitative estimate of drug-likeness (QED) is 0.911. The summed E-state index contributed by atoms with van der Waals surface area (Å²) in [5, 5.41) is 9.02. The van der Waals surface area contributed by atoms with Crippen LogP contribution in [-0.2, 0) is 14.8 Å². The molecule has 1 aromatic carbocycles. The summed E-state index contributed by atoms with van der Waals surface area (Å²) < 4.78 is 39.5. The van der Waals surface area contributed by atoms with Gasteiger partial charge in [0.05, 0.1) is 0 Å². The molecule has 7 heteroatoms. The number of carboxylic acid groups (broad SMARTS) is 1. The Morgan fingerprint density at radius 2 is 2.16 bits per heavy atom. The Morgan fingerprint density at radius 1 is 1.47 bits per heavy atom. The molecule has 2 rings (SSSR count). The minimum atomic E-state index is -4.11. The van der Waals surface area contributed by atoms with Gasteiger partial charge in [-0.1, -0.05) is 12.1 Å². The highest BCUT2D eigenvalue weighted by Crippen LogP contribution is 2.28. The molecule has 0 spiro atoms. The molecule has 1 N–H and O–H groups in total. The van der Waals surface area contributed by atoms with E-state index in [4.69, 9.17) is 5.11 Å². The number of rotatable bonds is 3. The third-order valence-electron chi connectivity index (χ3n) is 3.23. The van der Waals surface area contributed by atoms with E-state index in [2.05, 4.69) is 0 Å². The van der Waals surface area contributed by atoms with E-state index in [-0.39, 0.29) is 18.5 Å². The molecule has 0 saturated carbocycles. The first-order chi connectivity index (χ1) is 8.85. The smallest absolute Gasteiger partial charge is 0.322 e. The maximum atomic E-state index is 13.9. The summed E-state index contributed by atoms with van der Waals surface area (Å²) in [6, 6.07) is 2.96. The molecule has 0 radical (unpaired) electrons. The minimum Gasteiger partial charge on any atom is -0.480 e. The van der Waals surface area contributed by atoms with Gasteiger partial charge in [0, 0.05) is 6.54 Å². The summed E-state index contributed by atoms with van der Waals surface area (Å²) in [5.41, 5.74) is 0.215. The van der Waals surface area contributed by atoms with Crippen LogP contribution >= 0.6 is 0 Å². The fourth-order valence-electron chi connectivity index (χ4n) is 2.22. The van der Waals surface area contributed by atoms with E-state index in [1.165, 1.54) is 19.1 Å². The molecule has 1 aromatic rings. The Labute approximate surface area is 110 Å². The Balaban J connectivity index is 2.48. The molecule has 0 aliphatic carbocycles. The molecule has 1 atom stereocenters. The van der Waals surface area contributed by atoms with Crippen LogP contribution in [0.25, 0.3) is 0 Å². The largest absolute Gasteiger partial charge is 0.480 e. The normalized spacial score (nSPS) is 20.6. The van der Waals surface area contributed by atoms with Crippen molar-refractivity contribution in [2.75, 3.05) is 6.54 Å². The number of hydrogen-bond acceptors (Lipinski definition) is 3. The predicted molar refractivity (Wildman–Crippen MR) is 65.7 cm³/mol. The van der Waals surface area contributed by atoms with Crippen molar-refractivity contribution in [3.8, 4) is 0 Å². The van der Waals surface area contributed by atoms with Crippen LogP contribution in [0.5, 0.6) is 0 Å². The highest BCUT2D eigenvalue weighted by Gasteiger charge is 2.40. The van der Waals surface area contributed by atoms with E-state index in [1.54, 1.807) is 0 Å². The van der Waals surface area contributed by atoms with Gasteiger partial charge in [0.25, 0.3) is 0 Å². The van der Waals surface area contributed by atoms with Crippen LogP contribution < -0.4 is 0 Å². The molecule has 1 fully saturated rings. The molecule has 0 amide bonds. The Morgan fingerprint density at radius 3 is 2.79 bits per heavy atom. The van der Waals surface area contributed by atoms with Gasteiger partial charge in [-0.25, -0.2) is 12.8 Å². The summed E-state index contributed by atoms with van der Waals surface area (Å²) in [4.78, 5) is 10.6. The number of halogens is 1. The number of nitrogens with zero attached hydrogens (tertiary/aromatic N) is 1. The molecule has 1 aliphatic rings. The molecule has 1 heterocycles. The fraction of sp³-hybridized carbons (Fsp3) is 0.417. The molecule has 1 aliphatic heterocycles. The van der Waals surface area contributed by atoms with E-state index >= 15 is 0 Å². The number of hydrogen-bond donors (Lipinski definition) is 1. The van der Waals surface area contributed by atoms with Crippen molar-refractivity contribution in [3.05, 3.63) is 29.6 Å². The lowest BCUT2D eigenvalue weighted by Crippen LogP contribution is -2.40. The van der Waals surface area contributed by atoms with E-state index in [0.29, 0.717) is 6.42 Å². The highest BCUT2D eigenvalue weighted by molar-refractivity contribution is 7.89. The van der Waals surface area contributed by atoms with Crippen LogP contribution in [0.3, 0.4) is 0 Å². The van der Waals surface area contributed by atoms with Crippen molar-refractivity contribution in [1.82, 2.24) is 4.31 Å². The van der Waals surface area contributed by atoms with Gasteiger partial charge in [-0.3, -0.25) is 4.79 Å². The molecule has 104 valence electrons. The molecule has 1 saturated heterocycles. The number of benzene rings is 1. The van der Waals surface area contributed by atoms with Gasteiger partial charge in [0.1, 0.15) is 16.8 Å². The number of carbonyl (C=O) groups is 1. The second-order valence-corrected chi connectivity index (χ2v) is 6.36. The maximum Gasteiger partial charge on any atom is 0.322 e. The van der Waals surface area contributed by atoms with Gasteiger partial charge in [0.2, 0.25) is 10.0 Å². The third kappa shape index (κ3) is 2.35. The summed E-state index contributed by atoms with van der Waals surface area (Å²) >= 11 is 0. The Kier molecular flexibility index (Phi) is 3.60. The zero-order chi connectivity index (χ0) is 14.2. The summed E-state index contributed by atoms with van der Waals surface area (Å²) in [7, 11) is -4.11. The van der Waals surface area contributed by atoms with Gasteiger partial charge in [-0.15, -0.1) is 0 Å². The van der Waals surface area contributed by atoms with Gasteiger partial charge in [-0.05, 0) is 31.4 Å². The van der Waals surface area contributed by atoms with Crippen LogP contribution in [0.1, 0.15) is 18.4 Å². The van der Waals surface area contributed by atoms with Gasteiger partial charge < -0.3 is 5.11 Å². The first-order valence-corrected chi connectivity index (χ1v) is 7.29. The van der Waals surface area contributed by atoms with Crippen molar-refractivity contribution in [2.45, 2.75) is 30.7 Å². The van der Waals surface area contributed by atoms with Gasteiger partial charge >= 0.3 is 5.97 Å². The Bertz CT molecular complexity index is 614. The molecule has 0 aromatic heterocycles. The van der Waals surface area contributed by atoms with Gasteiger partial charge in [-0.2, -0.15) is 4.31 Å². The van der Waals surface area contributed by atoms with Crippen molar-refractivity contribution < 1.29 is 22.7 Å². The summed E-state index contributed by atoms with van der Waals surface area (Å²) in [6.45, 7) is 1.57. The summed E-state index contributed by atoms with van der Waals surface area (Å²) in [5.74, 6) is -2.02. The molecule has 0 bridgehead atoms. The van der Waals surface area contributed by atoms with E-state index < -0.39 is 32.7 Å². The Hall–Kier alpha value is -1.47. The molecular formula is C12H14FNO4S. The van der Waals surface area contributed by atoms with E-state index in [9.17, 15) is 17.6 Å². The number of carboxylic acids is 1. The van der Waals surface area contributed by atoms with Crippen LogP contribution in [0.4, 0.5) is 4.39 Å². The average Bonchev–Trinajstić information content (AvgIpc) is 2.82. The zero-order valence-corrected chi connectivity index (χ0v) is 11.2. The van der Waals surface area contributed by atoms with Crippen molar-refractivity contribution in [2.24, 2.45) is 0 Å². The molecular weight excluding hydrogens is 273 g/mol. The fourth-order valence-corrected chi connectivity index (χ4v) is 4.01. The monoisotopic (exact) mass is 287 g/mol. The first-order valence-electron chi connectivity index (χ1n) is 5.85. The second-order valence-electron chi connectivity index (χ2n) is 4.50. The number of aryl methyl sites for hydroxylation is 1. The van der Waals surface area contributed by atoms with Crippen LogP contribution in [-0.4, -0.2) is 36.4 Å². The van der Waals surface area contributed by atoms with Crippen molar-refractivity contribution in [3.63, 3.8) is 0 Å². The van der Waals surface area contributed by atoms with Crippen molar-refractivity contribution in [1.29, 1.82) is 0 Å². The van der Waals surface area contributed by atoms with Crippen LogP contribution in [0.15, 0.2) is 23.1 Å². The standard InChI is InChI=1S/C12H14FNO4S/c1-8-4-2-6-10(11(8)13)19(17,18)14-7-3-5-9(14)12(15)16/h2,4,6,9H,3,5,7H2,1H3,(H,15,16)/t9-/m1/s1. The third-order valence-corrected chi connectivity index (χ3v) is 5.16. The van der Waals surface area contributed by atoms with E-state index in [0.717, 1.165) is 10.4 Å². The second kappa shape index (κ2) is 4.90. The number of sulfonamides is 1. The highest BCUT2D eigenvalue weighted by atomic mass is 32.2. The first kappa shape index (κ1) is 14.0. The van der Waals surface area contributed by atoms with Gasteiger partial charge in [0.15, 0.2) is 0 Å². The number of aliphatic carboxylic acids is 1. The van der Waals surface area contributed by atoms with Crippen molar-refractivity contribution >= 4 is 16.0 Å². The zero-order valence-electron chi connectivity index (χ0n) is 10.3. The topological polar surface area (TPSA) is 74.7 Å². The maximum absolute atomic E-state index is 13.9. The molecule has 0 unspecified atom stereocenters. The van der Waals surface area contributed by atoms with E-state index in [1.807, 2.05) is 0 Å². The average molecular weight is 287 g/mol. The lowest BCUT2D eigenvalue weighted by molar-refractivity contribution is -0.140. The molecule has 19 heavy (non-hydrogen) atoms. The minimum absolute atomic E-state index is 0.104. The lowest BCUT2D eigenvalue weighted by Gasteiger charge is -2.21.